The van der Waals surface area contributed by atoms with Crippen molar-refractivity contribution in [2.45, 2.75) is 0 Å². The molecule has 0 amide bonds. The van der Waals surface area contributed by atoms with Gasteiger partial charge in [0, 0.05) is 45.4 Å². The van der Waals surface area contributed by atoms with E-state index in [0.29, 0.717) is 0 Å². The third kappa shape index (κ3) is 7.44. The molecule has 0 aliphatic rings. The van der Waals surface area contributed by atoms with Crippen molar-refractivity contribution in [2.75, 3.05) is 15.5 Å². The van der Waals surface area contributed by atoms with Gasteiger partial charge >= 0.3 is 0 Å². The molecule has 0 unspecified atom stereocenters. The van der Waals surface area contributed by atoms with Crippen LogP contribution in [0.5, 0.6) is 0 Å². The molecule has 0 saturated heterocycles. The SMILES string of the molecule is C(=C\c1ccc2cc(Nc3ccccc3-c3ccc(Nc4ccccc4)cc3)ccc2c1)/c1ccc(N(c2ccccc2)c2ccccc2)cc1. The molecule has 51 heavy (non-hydrogen) atoms. The number of para-hydroxylation sites is 4. The van der Waals surface area contributed by atoms with Crippen molar-refractivity contribution in [3.63, 3.8) is 0 Å². The minimum Gasteiger partial charge on any atom is -0.356 e. The fourth-order valence-corrected chi connectivity index (χ4v) is 6.39. The second kappa shape index (κ2) is 14.7. The van der Waals surface area contributed by atoms with E-state index in [-0.39, 0.29) is 0 Å². The number of rotatable bonds is 10. The third-order valence-corrected chi connectivity index (χ3v) is 8.98. The fraction of sp³-hybridized carbons (Fsp3) is 0. The number of hydrogen-bond acceptors (Lipinski definition) is 3. The Kier molecular flexibility index (Phi) is 9.08. The molecule has 0 atom stereocenters. The maximum Gasteiger partial charge on any atom is 0.0463 e. The molecule has 0 radical (unpaired) electrons. The van der Waals surface area contributed by atoms with Crippen LogP contribution in [0.2, 0.25) is 0 Å². The van der Waals surface area contributed by atoms with Gasteiger partial charge in [0.25, 0.3) is 0 Å². The summed E-state index contributed by atoms with van der Waals surface area (Å²) >= 11 is 0. The van der Waals surface area contributed by atoms with Crippen molar-refractivity contribution in [3.8, 4) is 11.1 Å². The highest BCUT2D eigenvalue weighted by Crippen LogP contribution is 2.35. The second-order valence-electron chi connectivity index (χ2n) is 12.5. The number of nitrogens with one attached hydrogen (secondary N) is 2. The summed E-state index contributed by atoms with van der Waals surface area (Å²) in [6, 6.07) is 70.2. The summed E-state index contributed by atoms with van der Waals surface area (Å²) in [5.74, 6) is 0. The molecule has 8 aromatic rings. The lowest BCUT2D eigenvalue weighted by atomic mass is 10.0. The third-order valence-electron chi connectivity index (χ3n) is 8.98. The Hall–Kier alpha value is -6.84. The molecule has 0 heterocycles. The Morgan fingerprint density at radius 1 is 0.353 bits per heavy atom. The van der Waals surface area contributed by atoms with Gasteiger partial charge in [-0.1, -0.05) is 127 Å². The van der Waals surface area contributed by atoms with Crippen molar-refractivity contribution >= 4 is 62.7 Å². The molecule has 2 N–H and O–H groups in total. The first-order valence-electron chi connectivity index (χ1n) is 17.3. The van der Waals surface area contributed by atoms with Crippen molar-refractivity contribution in [2.24, 2.45) is 0 Å². The monoisotopic (exact) mass is 655 g/mol. The Bertz CT molecular complexity index is 2340. The fourth-order valence-electron chi connectivity index (χ4n) is 6.39. The zero-order valence-electron chi connectivity index (χ0n) is 28.2. The van der Waals surface area contributed by atoms with Crippen molar-refractivity contribution in [3.05, 3.63) is 211 Å². The molecule has 0 fully saturated rings. The zero-order valence-corrected chi connectivity index (χ0v) is 28.2. The van der Waals surface area contributed by atoms with Crippen LogP contribution in [0.1, 0.15) is 11.1 Å². The molecule has 3 heteroatoms. The van der Waals surface area contributed by atoms with Crippen LogP contribution >= 0.6 is 0 Å². The molecule has 0 saturated carbocycles. The summed E-state index contributed by atoms with van der Waals surface area (Å²) in [6.07, 6.45) is 4.36. The smallest absolute Gasteiger partial charge is 0.0463 e. The molecular formula is C48H37N3. The van der Waals surface area contributed by atoms with Crippen LogP contribution in [0.4, 0.5) is 39.8 Å². The molecule has 0 spiro atoms. The molecule has 3 nitrogen and oxygen atoms in total. The number of hydrogen-bond donors (Lipinski definition) is 2. The largest absolute Gasteiger partial charge is 0.356 e. The van der Waals surface area contributed by atoms with Gasteiger partial charge in [-0.05, 0) is 112 Å². The van der Waals surface area contributed by atoms with Crippen LogP contribution in [0.3, 0.4) is 0 Å². The van der Waals surface area contributed by atoms with Gasteiger partial charge in [0.05, 0.1) is 0 Å². The van der Waals surface area contributed by atoms with Gasteiger partial charge in [-0.2, -0.15) is 0 Å². The van der Waals surface area contributed by atoms with E-state index in [1.807, 2.05) is 18.2 Å². The maximum absolute atomic E-state index is 3.68. The molecule has 8 aromatic carbocycles. The highest BCUT2D eigenvalue weighted by molar-refractivity contribution is 5.90. The number of anilines is 7. The Labute approximate surface area is 299 Å². The Morgan fingerprint density at radius 3 is 1.57 bits per heavy atom. The summed E-state index contributed by atoms with van der Waals surface area (Å²) in [5, 5.41) is 9.54. The second-order valence-corrected chi connectivity index (χ2v) is 12.5. The lowest BCUT2D eigenvalue weighted by molar-refractivity contribution is 1.28. The quantitative estimate of drug-likeness (QED) is 0.144. The summed E-state index contributed by atoms with van der Waals surface area (Å²) in [7, 11) is 0. The van der Waals surface area contributed by atoms with Gasteiger partial charge in [-0.3, -0.25) is 0 Å². The maximum atomic E-state index is 3.68. The topological polar surface area (TPSA) is 27.3 Å². The highest BCUT2D eigenvalue weighted by Gasteiger charge is 2.11. The van der Waals surface area contributed by atoms with Crippen LogP contribution in [-0.2, 0) is 0 Å². The van der Waals surface area contributed by atoms with Gasteiger partial charge in [0.15, 0.2) is 0 Å². The molecule has 0 bridgehead atoms. The van der Waals surface area contributed by atoms with Crippen molar-refractivity contribution in [1.82, 2.24) is 0 Å². The summed E-state index contributed by atoms with van der Waals surface area (Å²) in [4.78, 5) is 2.28. The molecule has 0 aliphatic heterocycles. The molecule has 0 aliphatic carbocycles. The highest BCUT2D eigenvalue weighted by atomic mass is 15.1. The van der Waals surface area contributed by atoms with Gasteiger partial charge in [0.1, 0.15) is 0 Å². The summed E-state index contributed by atoms with van der Waals surface area (Å²) < 4.78 is 0. The van der Waals surface area contributed by atoms with E-state index >= 15 is 0 Å². The average Bonchev–Trinajstić information content (AvgIpc) is 3.19. The van der Waals surface area contributed by atoms with E-state index in [1.165, 1.54) is 10.8 Å². The van der Waals surface area contributed by atoms with E-state index < -0.39 is 0 Å². The van der Waals surface area contributed by atoms with Crippen LogP contribution < -0.4 is 15.5 Å². The van der Waals surface area contributed by atoms with Gasteiger partial charge in [-0.25, -0.2) is 0 Å². The lowest BCUT2D eigenvalue weighted by Gasteiger charge is -2.25. The minimum atomic E-state index is 1.06. The van der Waals surface area contributed by atoms with Crippen LogP contribution in [0, 0.1) is 0 Å². The normalized spacial score (nSPS) is 11.1. The van der Waals surface area contributed by atoms with E-state index in [0.717, 1.165) is 62.1 Å². The first kappa shape index (κ1) is 31.4. The first-order valence-corrected chi connectivity index (χ1v) is 17.3. The summed E-state index contributed by atoms with van der Waals surface area (Å²) in [5.41, 5.74) is 12.3. The molecular weight excluding hydrogens is 619 g/mol. The lowest BCUT2D eigenvalue weighted by Crippen LogP contribution is -2.09. The van der Waals surface area contributed by atoms with Crippen LogP contribution in [0.15, 0.2) is 200 Å². The van der Waals surface area contributed by atoms with E-state index in [1.54, 1.807) is 0 Å². The van der Waals surface area contributed by atoms with E-state index in [2.05, 4.69) is 210 Å². The van der Waals surface area contributed by atoms with Gasteiger partial charge in [0.2, 0.25) is 0 Å². The predicted octanol–water partition coefficient (Wildman–Crippen LogP) is 13.6. The average molecular weight is 656 g/mol. The van der Waals surface area contributed by atoms with E-state index in [9.17, 15) is 0 Å². The van der Waals surface area contributed by atoms with Crippen molar-refractivity contribution < 1.29 is 0 Å². The molecule has 8 rings (SSSR count). The Balaban J connectivity index is 0.964. The number of nitrogens with zero attached hydrogens (tertiary/aromatic N) is 1. The molecule has 244 valence electrons. The van der Waals surface area contributed by atoms with Crippen LogP contribution in [0.25, 0.3) is 34.1 Å². The van der Waals surface area contributed by atoms with Gasteiger partial charge in [-0.15, -0.1) is 0 Å². The van der Waals surface area contributed by atoms with Crippen molar-refractivity contribution in [1.29, 1.82) is 0 Å². The van der Waals surface area contributed by atoms with Crippen LogP contribution in [-0.4, -0.2) is 0 Å². The number of fused-ring (bicyclic) bond motifs is 1. The molecule has 0 aromatic heterocycles. The Morgan fingerprint density at radius 2 is 0.863 bits per heavy atom. The minimum absolute atomic E-state index is 1.06. The van der Waals surface area contributed by atoms with Gasteiger partial charge < -0.3 is 15.5 Å². The first-order chi connectivity index (χ1) is 25.2. The number of benzene rings is 8. The standard InChI is InChI=1S/C48H37N3/c1-4-12-41(13-5-1)49-42-29-26-38(27-30-42)47-18-10-11-19-48(47)50-43-31-28-39-34-37(22-25-40(39)35-43)21-20-36-23-32-46(33-24-36)51(44-14-6-2-7-15-44)45-16-8-3-9-17-45/h1-35,49-50H/b21-20+. The zero-order chi connectivity index (χ0) is 34.2. The van der Waals surface area contributed by atoms with E-state index in [4.69, 9.17) is 0 Å². The summed E-state index contributed by atoms with van der Waals surface area (Å²) in [6.45, 7) is 0. The predicted molar refractivity (Wildman–Crippen MR) is 219 cm³/mol.